The van der Waals surface area contributed by atoms with Crippen LogP contribution in [0.15, 0.2) is 51.9 Å². The van der Waals surface area contributed by atoms with E-state index in [1.54, 1.807) is 39.2 Å². The summed E-state index contributed by atoms with van der Waals surface area (Å²) < 4.78 is 32.0. The Bertz CT molecular complexity index is 2620. The van der Waals surface area contributed by atoms with Gasteiger partial charge in [-0.25, -0.2) is 14.6 Å². The Morgan fingerprint density at radius 1 is 1.00 bits per heavy atom. The van der Waals surface area contributed by atoms with Crippen LogP contribution >= 0.6 is 0 Å². The molecule has 3 aromatic rings. The normalized spacial score (nSPS) is 28.3. The number of allylic oxidation sites excluding steroid dienone is 3. The SMILES string of the molecule is CC[C@@]1(O)C(=O)OCc2c1cc1n(c2=O)Cc2cc3c(CN(C)C)c(OC(=O)N4CCN(CCCCCCO[C@H]5CC[C@H]6[C@@H]7CCC8=C(CCC9(C8)OCCO9)C7=CC[C@]56C)CC4)ccc3nc2-1. The number of ether oxygens (including phenoxy) is 5. The average Bonchev–Trinajstić information content (AvgIpc) is 4.05. The predicted molar refractivity (Wildman–Crippen MR) is 256 cm³/mol. The minimum atomic E-state index is -1.89. The first-order valence-corrected chi connectivity index (χ1v) is 25.7. The van der Waals surface area contributed by atoms with Crippen molar-refractivity contribution in [2.24, 2.45) is 17.3 Å². The van der Waals surface area contributed by atoms with Crippen LogP contribution in [-0.4, -0.2) is 120 Å². The summed E-state index contributed by atoms with van der Waals surface area (Å²) in [5, 5.41) is 12.1. The number of hydrogen-bond acceptors (Lipinski definition) is 12. The van der Waals surface area contributed by atoms with Gasteiger partial charge in [0.2, 0.25) is 0 Å². The molecule has 4 aliphatic carbocycles. The third-order valence-corrected chi connectivity index (χ3v) is 17.3. The summed E-state index contributed by atoms with van der Waals surface area (Å²) in [6.45, 7) is 11.0. The highest BCUT2D eigenvalue weighted by Crippen LogP contribution is 2.60. The molecule has 2 saturated heterocycles. The van der Waals surface area contributed by atoms with Crippen LogP contribution in [0, 0.1) is 17.3 Å². The molecule has 3 fully saturated rings. The van der Waals surface area contributed by atoms with Crippen LogP contribution < -0.4 is 10.3 Å². The van der Waals surface area contributed by atoms with E-state index in [-0.39, 0.29) is 53.6 Å². The maximum absolute atomic E-state index is 13.7. The largest absolute Gasteiger partial charge is 0.458 e. The number of benzene rings is 1. The van der Waals surface area contributed by atoms with Gasteiger partial charge in [-0.3, -0.25) is 9.69 Å². The summed E-state index contributed by atoms with van der Waals surface area (Å²) in [6, 6.07) is 7.42. The van der Waals surface area contributed by atoms with Crippen molar-refractivity contribution in [1.29, 1.82) is 0 Å². The molecule has 68 heavy (non-hydrogen) atoms. The first-order chi connectivity index (χ1) is 32.9. The van der Waals surface area contributed by atoms with E-state index in [2.05, 4.69) is 17.9 Å². The first-order valence-electron chi connectivity index (χ1n) is 25.7. The second-order valence-electron chi connectivity index (χ2n) is 21.5. The number of pyridine rings is 2. The molecule has 6 heterocycles. The molecule has 4 aliphatic heterocycles. The molecule has 364 valence electrons. The molecule has 0 radical (unpaired) electrons. The smallest absolute Gasteiger partial charge is 0.415 e. The number of piperazine rings is 1. The van der Waals surface area contributed by atoms with Crippen LogP contribution in [0.3, 0.4) is 0 Å². The molecule has 11 rings (SSSR count). The molecular formula is C54H69N5O9. The van der Waals surface area contributed by atoms with E-state index in [1.165, 1.54) is 38.5 Å². The molecule has 1 amide bonds. The summed E-state index contributed by atoms with van der Waals surface area (Å²) in [5.41, 5.74) is 7.11. The Morgan fingerprint density at radius 2 is 1.81 bits per heavy atom. The summed E-state index contributed by atoms with van der Waals surface area (Å²) in [6.07, 6.45) is 16.4. The Kier molecular flexibility index (Phi) is 12.2. The van der Waals surface area contributed by atoms with E-state index >= 15 is 0 Å². The Balaban J connectivity index is 0.647. The number of esters is 1. The number of unbranched alkanes of at least 4 members (excludes halogenated alkanes) is 3. The number of carbonyl (C=O) groups is 2. The lowest BCUT2D eigenvalue weighted by molar-refractivity contribution is -0.172. The number of aromatic nitrogens is 2. The van der Waals surface area contributed by atoms with E-state index in [9.17, 15) is 19.5 Å². The molecule has 1 saturated carbocycles. The summed E-state index contributed by atoms with van der Waals surface area (Å²) in [7, 11) is 3.95. The van der Waals surface area contributed by atoms with E-state index < -0.39 is 11.6 Å². The number of carbonyl (C=O) groups excluding carboxylic acids is 2. The number of cyclic esters (lactones) is 1. The van der Waals surface area contributed by atoms with Crippen LogP contribution in [0.5, 0.6) is 5.75 Å². The number of amides is 1. The Labute approximate surface area is 399 Å². The van der Waals surface area contributed by atoms with Crippen molar-refractivity contribution in [2.45, 2.75) is 135 Å². The van der Waals surface area contributed by atoms with Gasteiger partial charge in [-0.15, -0.1) is 0 Å². The van der Waals surface area contributed by atoms with Gasteiger partial charge in [0.1, 0.15) is 12.4 Å². The van der Waals surface area contributed by atoms with Crippen LogP contribution in [0.25, 0.3) is 22.3 Å². The fourth-order valence-corrected chi connectivity index (χ4v) is 13.5. The third-order valence-electron chi connectivity index (χ3n) is 17.3. The lowest BCUT2D eigenvalue weighted by atomic mass is 9.58. The molecule has 14 heteroatoms. The molecule has 14 nitrogen and oxygen atoms in total. The molecular weight excluding hydrogens is 863 g/mol. The lowest BCUT2D eigenvalue weighted by Gasteiger charge is -2.48. The maximum Gasteiger partial charge on any atom is 0.415 e. The van der Waals surface area contributed by atoms with Gasteiger partial charge in [0.05, 0.1) is 48.3 Å². The van der Waals surface area contributed by atoms with Gasteiger partial charge in [0.25, 0.3) is 5.56 Å². The molecule has 1 aromatic carbocycles. The molecule has 8 aliphatic rings. The van der Waals surface area contributed by atoms with E-state index in [0.717, 1.165) is 100 Å². The lowest BCUT2D eigenvalue weighted by Crippen LogP contribution is -2.49. The molecule has 0 unspecified atom stereocenters. The highest BCUT2D eigenvalue weighted by molar-refractivity contribution is 5.90. The van der Waals surface area contributed by atoms with Crippen LogP contribution in [0.1, 0.15) is 120 Å². The Hall–Kier alpha value is -4.44. The molecule has 2 aromatic heterocycles. The zero-order valence-corrected chi connectivity index (χ0v) is 40.5. The molecule has 1 N–H and O–H groups in total. The van der Waals surface area contributed by atoms with E-state index in [0.29, 0.717) is 54.3 Å². The monoisotopic (exact) mass is 932 g/mol. The van der Waals surface area contributed by atoms with Crippen molar-refractivity contribution < 1.29 is 38.4 Å². The summed E-state index contributed by atoms with van der Waals surface area (Å²) in [5.74, 6) is 0.809. The second-order valence-corrected chi connectivity index (χ2v) is 21.5. The minimum absolute atomic E-state index is 0.0806. The van der Waals surface area contributed by atoms with Gasteiger partial charge >= 0.3 is 12.1 Å². The number of aliphatic hydroxyl groups is 1. The third kappa shape index (κ3) is 7.95. The average molecular weight is 932 g/mol. The number of hydrogen-bond donors (Lipinski definition) is 1. The first kappa shape index (κ1) is 46.0. The van der Waals surface area contributed by atoms with Gasteiger partial charge in [-0.2, -0.15) is 0 Å². The van der Waals surface area contributed by atoms with Gasteiger partial charge in [0, 0.05) is 79.7 Å². The van der Waals surface area contributed by atoms with Crippen molar-refractivity contribution in [3.8, 4) is 17.1 Å². The topological polar surface area (TPSA) is 145 Å². The van der Waals surface area contributed by atoms with Gasteiger partial charge < -0.3 is 43.2 Å². The summed E-state index contributed by atoms with van der Waals surface area (Å²) >= 11 is 0. The fraction of sp³-hybridized carbons (Fsp3) is 0.630. The second kappa shape index (κ2) is 18.1. The van der Waals surface area contributed by atoms with Crippen LogP contribution in [0.4, 0.5) is 4.79 Å². The van der Waals surface area contributed by atoms with Crippen molar-refractivity contribution in [2.75, 3.05) is 66.6 Å². The van der Waals surface area contributed by atoms with Crippen LogP contribution in [-0.2, 0) is 49.0 Å². The minimum Gasteiger partial charge on any atom is -0.458 e. The predicted octanol–water partition coefficient (Wildman–Crippen LogP) is 7.58. The zero-order chi connectivity index (χ0) is 47.0. The molecule has 1 spiro atoms. The van der Waals surface area contributed by atoms with Crippen molar-refractivity contribution in [3.05, 3.63) is 79.7 Å². The standard InChI is InChI=1S/C54H69N5O9/c1-5-54(63)43-29-45-48-35(31-59(45)49(60)41(43)33-65-50(54)61)28-39-40(32-56(3)4)46(14-13-44(39)55-48)68-51(62)58-23-21-57(22-24-58)20-8-6-7-9-25-64-47-15-12-42-38-11-10-34-30-53(66-26-27-67-53)19-17-36(34)37(38)16-18-52(42,47)2/h13-14,16,28-29,38,42,47,63H,5-12,15,17-27,30-33H2,1-4H3/t38-,42+,47+,52+,54+/m1/s1. The maximum atomic E-state index is 13.7. The molecule has 5 atom stereocenters. The van der Waals surface area contributed by atoms with E-state index in [1.807, 2.05) is 37.2 Å². The van der Waals surface area contributed by atoms with Gasteiger partial charge in [-0.1, -0.05) is 38.3 Å². The quantitative estimate of drug-likeness (QED) is 0.110. The zero-order valence-electron chi connectivity index (χ0n) is 40.5. The Morgan fingerprint density at radius 3 is 2.60 bits per heavy atom. The van der Waals surface area contributed by atoms with Crippen molar-refractivity contribution in [1.82, 2.24) is 24.3 Å². The number of nitrogens with zero attached hydrogens (tertiary/aromatic N) is 5. The van der Waals surface area contributed by atoms with Crippen molar-refractivity contribution >= 4 is 23.0 Å². The van der Waals surface area contributed by atoms with Gasteiger partial charge in [0.15, 0.2) is 11.4 Å². The highest BCUT2D eigenvalue weighted by atomic mass is 16.7. The van der Waals surface area contributed by atoms with Crippen LogP contribution in [0.2, 0.25) is 0 Å². The van der Waals surface area contributed by atoms with Gasteiger partial charge in [-0.05, 0) is 126 Å². The summed E-state index contributed by atoms with van der Waals surface area (Å²) in [4.78, 5) is 51.4. The molecule has 0 bridgehead atoms. The number of fused-ring (bicyclic) bond motifs is 9. The van der Waals surface area contributed by atoms with Crippen molar-refractivity contribution in [3.63, 3.8) is 0 Å². The highest BCUT2D eigenvalue weighted by Gasteiger charge is 2.54. The van der Waals surface area contributed by atoms with E-state index in [4.69, 9.17) is 28.7 Å². The number of rotatable bonds is 12. The fourth-order valence-electron chi connectivity index (χ4n) is 13.5.